The molecule has 0 amide bonds. The van der Waals surface area contributed by atoms with Gasteiger partial charge in [0.1, 0.15) is 6.67 Å². The van der Waals surface area contributed by atoms with Gasteiger partial charge >= 0.3 is 0 Å². The summed E-state index contributed by atoms with van der Waals surface area (Å²) in [6.07, 6.45) is 0. The third-order valence-corrected chi connectivity index (χ3v) is 0.895. The van der Waals surface area contributed by atoms with Crippen molar-refractivity contribution in [2.45, 2.75) is 6.92 Å². The van der Waals surface area contributed by atoms with Gasteiger partial charge in [0.15, 0.2) is 0 Å². The number of ether oxygens (including phenoxy) is 1. The molecule has 0 spiro atoms. The number of hydrogen-bond acceptors (Lipinski definition) is 2. The van der Waals surface area contributed by atoms with Crippen LogP contribution in [0.25, 0.3) is 0 Å². The first-order valence-corrected chi connectivity index (χ1v) is 3.26. The Kier molecular flexibility index (Phi) is 7.72. The first-order valence-electron chi connectivity index (χ1n) is 3.26. The highest BCUT2D eigenvalue weighted by Gasteiger charge is 1.84. The summed E-state index contributed by atoms with van der Waals surface area (Å²) in [6.45, 7) is 4.24. The highest BCUT2D eigenvalue weighted by Crippen LogP contribution is 1.73. The molecule has 0 bridgehead atoms. The van der Waals surface area contributed by atoms with Crippen molar-refractivity contribution in [3.8, 4) is 0 Å². The molecule has 0 radical (unpaired) electrons. The van der Waals surface area contributed by atoms with E-state index >= 15 is 0 Å². The number of likely N-dealkylation sites (N-methyl/N-ethyl adjacent to an activating group) is 1. The van der Waals surface area contributed by atoms with Gasteiger partial charge in [0.2, 0.25) is 0 Å². The molecular formula is C6H14FNO. The molecule has 2 nitrogen and oxygen atoms in total. The monoisotopic (exact) mass is 135 g/mol. The zero-order valence-corrected chi connectivity index (χ0v) is 5.82. The summed E-state index contributed by atoms with van der Waals surface area (Å²) in [5.74, 6) is 0. The molecule has 0 heterocycles. The molecule has 0 atom stereocenters. The van der Waals surface area contributed by atoms with Crippen LogP contribution in [0.1, 0.15) is 6.92 Å². The van der Waals surface area contributed by atoms with Crippen LogP contribution in [0, 0.1) is 0 Å². The van der Waals surface area contributed by atoms with Crippen LogP contribution < -0.4 is 5.32 Å². The molecule has 0 rings (SSSR count). The molecule has 0 aromatic heterocycles. The molecule has 0 aliphatic heterocycles. The van der Waals surface area contributed by atoms with E-state index in [1.807, 2.05) is 6.92 Å². The van der Waals surface area contributed by atoms with Gasteiger partial charge in [0, 0.05) is 6.54 Å². The molecule has 56 valence electrons. The lowest BCUT2D eigenvalue weighted by Crippen LogP contribution is -2.19. The van der Waals surface area contributed by atoms with Gasteiger partial charge in [-0.1, -0.05) is 6.92 Å². The van der Waals surface area contributed by atoms with Crippen LogP contribution in [0.4, 0.5) is 4.39 Å². The van der Waals surface area contributed by atoms with Gasteiger partial charge in [0.05, 0.1) is 13.2 Å². The van der Waals surface area contributed by atoms with Crippen molar-refractivity contribution in [2.24, 2.45) is 0 Å². The van der Waals surface area contributed by atoms with Crippen LogP contribution in [-0.4, -0.2) is 33.0 Å². The predicted octanol–water partition coefficient (Wildman–Crippen LogP) is 0.582. The smallest absolute Gasteiger partial charge is 0.113 e. The fourth-order valence-electron chi connectivity index (χ4n) is 0.478. The van der Waals surface area contributed by atoms with E-state index in [4.69, 9.17) is 4.74 Å². The van der Waals surface area contributed by atoms with E-state index in [9.17, 15) is 4.39 Å². The molecule has 3 heteroatoms. The number of nitrogens with one attached hydrogen (secondary N) is 1. The summed E-state index contributed by atoms with van der Waals surface area (Å²) >= 11 is 0. The Morgan fingerprint density at radius 1 is 1.44 bits per heavy atom. The van der Waals surface area contributed by atoms with Gasteiger partial charge in [-0.2, -0.15) is 0 Å². The topological polar surface area (TPSA) is 21.3 Å². The Balaban J connectivity index is 2.60. The molecule has 9 heavy (non-hydrogen) atoms. The van der Waals surface area contributed by atoms with Crippen LogP contribution in [0.5, 0.6) is 0 Å². The number of hydrogen-bond donors (Lipinski definition) is 1. The van der Waals surface area contributed by atoms with E-state index in [1.54, 1.807) is 0 Å². The van der Waals surface area contributed by atoms with E-state index in [0.29, 0.717) is 6.61 Å². The van der Waals surface area contributed by atoms with Crippen molar-refractivity contribution < 1.29 is 9.13 Å². The summed E-state index contributed by atoms with van der Waals surface area (Å²) in [6, 6.07) is 0. The zero-order chi connectivity index (χ0) is 6.95. The van der Waals surface area contributed by atoms with Crippen LogP contribution in [0.3, 0.4) is 0 Å². The highest BCUT2D eigenvalue weighted by molar-refractivity contribution is 4.39. The molecule has 0 saturated carbocycles. The maximum atomic E-state index is 11.4. The summed E-state index contributed by atoms with van der Waals surface area (Å²) in [4.78, 5) is 0. The molecule has 0 aliphatic carbocycles. The second kappa shape index (κ2) is 7.85. The average Bonchev–Trinajstić information content (AvgIpc) is 1.89. The van der Waals surface area contributed by atoms with Gasteiger partial charge in [0.25, 0.3) is 0 Å². The predicted molar refractivity (Wildman–Crippen MR) is 35.3 cm³/mol. The van der Waals surface area contributed by atoms with E-state index in [1.165, 1.54) is 0 Å². The van der Waals surface area contributed by atoms with Crippen LogP contribution in [-0.2, 0) is 4.74 Å². The minimum Gasteiger partial charge on any atom is -0.377 e. The molecular weight excluding hydrogens is 121 g/mol. The van der Waals surface area contributed by atoms with Crippen LogP contribution >= 0.6 is 0 Å². The lowest BCUT2D eigenvalue weighted by molar-refractivity contribution is 0.121. The van der Waals surface area contributed by atoms with Gasteiger partial charge in [-0.25, -0.2) is 4.39 Å². The number of rotatable bonds is 6. The maximum Gasteiger partial charge on any atom is 0.113 e. The molecule has 0 aliphatic rings. The fraction of sp³-hybridized carbons (Fsp3) is 1.00. The Bertz CT molecular complexity index is 46.3. The first kappa shape index (κ1) is 8.85. The lowest BCUT2D eigenvalue weighted by atomic mass is 10.6. The van der Waals surface area contributed by atoms with Gasteiger partial charge in [-0.05, 0) is 6.54 Å². The van der Waals surface area contributed by atoms with Gasteiger partial charge < -0.3 is 10.1 Å². The lowest BCUT2D eigenvalue weighted by Gasteiger charge is -2.00. The van der Waals surface area contributed by atoms with Gasteiger partial charge in [-0.3, -0.25) is 0 Å². The molecule has 1 N–H and O–H groups in total. The zero-order valence-electron chi connectivity index (χ0n) is 5.82. The maximum absolute atomic E-state index is 11.4. The Labute approximate surface area is 55.4 Å². The minimum absolute atomic E-state index is 0.228. The Morgan fingerprint density at radius 3 is 2.78 bits per heavy atom. The van der Waals surface area contributed by atoms with E-state index in [2.05, 4.69) is 5.32 Å². The quantitative estimate of drug-likeness (QED) is 0.538. The first-order chi connectivity index (χ1) is 4.41. The Hall–Kier alpha value is -0.150. The third-order valence-electron chi connectivity index (χ3n) is 0.895. The average molecular weight is 135 g/mol. The molecule has 0 unspecified atom stereocenters. The van der Waals surface area contributed by atoms with Crippen molar-refractivity contribution >= 4 is 0 Å². The molecule has 0 fully saturated rings. The standard InChI is InChI=1S/C6H14FNO/c1-2-8-4-6-9-5-3-7/h8H,2-6H2,1H3. The third kappa shape index (κ3) is 7.85. The normalized spacial score (nSPS) is 10.0. The van der Waals surface area contributed by atoms with Gasteiger partial charge in [-0.15, -0.1) is 0 Å². The molecule has 0 aromatic rings. The second-order valence-electron chi connectivity index (χ2n) is 1.65. The number of alkyl halides is 1. The summed E-state index contributed by atoms with van der Waals surface area (Å²) < 4.78 is 16.2. The number of halogens is 1. The fourth-order valence-corrected chi connectivity index (χ4v) is 0.478. The Morgan fingerprint density at radius 2 is 2.22 bits per heavy atom. The molecule has 0 aromatic carbocycles. The SMILES string of the molecule is CCNCCOCCF. The van der Waals surface area contributed by atoms with Crippen molar-refractivity contribution in [2.75, 3.05) is 33.0 Å². The largest absolute Gasteiger partial charge is 0.377 e. The second-order valence-corrected chi connectivity index (χ2v) is 1.65. The minimum atomic E-state index is -0.383. The van der Waals surface area contributed by atoms with Crippen molar-refractivity contribution in [1.29, 1.82) is 0 Å². The van der Waals surface area contributed by atoms with Crippen LogP contribution in [0.2, 0.25) is 0 Å². The van der Waals surface area contributed by atoms with Crippen LogP contribution in [0.15, 0.2) is 0 Å². The van der Waals surface area contributed by atoms with Crippen molar-refractivity contribution in [3.63, 3.8) is 0 Å². The van der Waals surface area contributed by atoms with E-state index in [0.717, 1.165) is 13.1 Å². The van der Waals surface area contributed by atoms with Crippen molar-refractivity contribution in [3.05, 3.63) is 0 Å². The summed E-state index contributed by atoms with van der Waals surface area (Å²) in [5, 5.41) is 3.06. The molecule has 0 saturated heterocycles. The summed E-state index contributed by atoms with van der Waals surface area (Å²) in [5.41, 5.74) is 0. The van der Waals surface area contributed by atoms with E-state index in [-0.39, 0.29) is 13.3 Å². The summed E-state index contributed by atoms with van der Waals surface area (Å²) in [7, 11) is 0. The van der Waals surface area contributed by atoms with Crippen molar-refractivity contribution in [1.82, 2.24) is 5.32 Å². The highest BCUT2D eigenvalue weighted by atomic mass is 19.1. The van der Waals surface area contributed by atoms with E-state index < -0.39 is 0 Å².